The second-order valence-electron chi connectivity index (χ2n) is 3.62. The van der Waals surface area contributed by atoms with Crippen molar-refractivity contribution in [1.29, 1.82) is 0 Å². The molecule has 0 amide bonds. The van der Waals surface area contributed by atoms with Gasteiger partial charge in [0.1, 0.15) is 0 Å². The second-order valence-corrected chi connectivity index (χ2v) is 4.79. The fourth-order valence-corrected chi connectivity index (χ4v) is 2.88. The van der Waals surface area contributed by atoms with E-state index in [9.17, 15) is 0 Å². The van der Waals surface area contributed by atoms with Crippen molar-refractivity contribution in [1.82, 2.24) is 4.98 Å². The molecular weight excluding hydrogens is 202 g/mol. The number of aromatic nitrogens is 1. The molecule has 1 N–H and O–H groups in total. The lowest BCUT2D eigenvalue weighted by Crippen LogP contribution is -1.82. The molecule has 2 aromatic heterocycles. The molecule has 0 aliphatic rings. The zero-order valence-corrected chi connectivity index (χ0v) is 9.05. The Hall–Kier alpha value is -1.54. The van der Waals surface area contributed by atoms with Crippen molar-refractivity contribution < 1.29 is 0 Å². The molecule has 0 aliphatic carbocycles. The zero-order valence-electron chi connectivity index (χ0n) is 8.23. The molecule has 2 heterocycles. The topological polar surface area (TPSA) is 15.8 Å². The summed E-state index contributed by atoms with van der Waals surface area (Å²) >= 11 is 1.88. The first kappa shape index (κ1) is 8.74. The molecule has 0 fully saturated rings. The number of nitrogens with one attached hydrogen (secondary N) is 1. The van der Waals surface area contributed by atoms with Crippen molar-refractivity contribution in [3.8, 4) is 0 Å². The monoisotopic (exact) mass is 213 g/mol. The van der Waals surface area contributed by atoms with E-state index >= 15 is 0 Å². The molecule has 3 aromatic rings. The van der Waals surface area contributed by atoms with E-state index in [4.69, 9.17) is 0 Å². The number of fused-ring (bicyclic) bond motifs is 1. The van der Waals surface area contributed by atoms with Gasteiger partial charge in [-0.15, -0.1) is 11.3 Å². The van der Waals surface area contributed by atoms with Crippen LogP contribution in [-0.4, -0.2) is 4.98 Å². The Morgan fingerprint density at radius 2 is 2.00 bits per heavy atom. The summed E-state index contributed by atoms with van der Waals surface area (Å²) in [6.07, 6.45) is 2.98. The summed E-state index contributed by atoms with van der Waals surface area (Å²) in [6.45, 7) is 0. The first-order valence-electron chi connectivity index (χ1n) is 5.01. The Kier molecular flexibility index (Phi) is 2.07. The maximum Gasteiger partial charge on any atom is 0.0345 e. The van der Waals surface area contributed by atoms with Gasteiger partial charge in [-0.05, 0) is 29.7 Å². The molecule has 0 aliphatic heterocycles. The van der Waals surface area contributed by atoms with E-state index in [0.717, 1.165) is 6.42 Å². The van der Waals surface area contributed by atoms with E-state index < -0.39 is 0 Å². The van der Waals surface area contributed by atoms with Gasteiger partial charge in [0.25, 0.3) is 0 Å². The van der Waals surface area contributed by atoms with E-state index in [1.807, 2.05) is 23.6 Å². The van der Waals surface area contributed by atoms with Crippen LogP contribution in [0.3, 0.4) is 0 Å². The predicted octanol–water partition coefficient (Wildman–Crippen LogP) is 3.82. The van der Waals surface area contributed by atoms with E-state index in [1.54, 1.807) is 0 Å². The molecule has 0 saturated carbocycles. The van der Waals surface area contributed by atoms with Crippen LogP contribution in [0.1, 0.15) is 10.6 Å². The average Bonchev–Trinajstić information content (AvgIpc) is 2.86. The Bertz CT molecular complexity index is 530. The molecule has 0 atom stereocenters. The fourth-order valence-electron chi connectivity index (χ4n) is 1.79. The van der Waals surface area contributed by atoms with Crippen molar-refractivity contribution >= 4 is 21.4 Å². The van der Waals surface area contributed by atoms with Gasteiger partial charge < -0.3 is 4.98 Å². The smallest absolute Gasteiger partial charge is 0.0345 e. The molecule has 3 rings (SSSR count). The predicted molar refractivity (Wildman–Crippen MR) is 65.4 cm³/mol. The summed E-state index contributed by atoms with van der Waals surface area (Å²) in [6, 6.07) is 15.0. The van der Waals surface area contributed by atoms with Gasteiger partial charge in [-0.25, -0.2) is 0 Å². The van der Waals surface area contributed by atoms with Gasteiger partial charge in [-0.3, -0.25) is 0 Å². The van der Waals surface area contributed by atoms with Crippen LogP contribution >= 0.6 is 11.3 Å². The molecule has 1 nitrogen and oxygen atoms in total. The molecule has 0 unspecified atom stereocenters. The first-order chi connectivity index (χ1) is 7.42. The summed E-state index contributed by atoms with van der Waals surface area (Å²) in [7, 11) is 0. The van der Waals surface area contributed by atoms with Crippen LogP contribution in [-0.2, 0) is 6.42 Å². The molecule has 1 aromatic carbocycles. The van der Waals surface area contributed by atoms with Gasteiger partial charge in [0.15, 0.2) is 0 Å². The minimum Gasteiger partial charge on any atom is -0.365 e. The Morgan fingerprint density at radius 3 is 2.80 bits per heavy atom. The molecule has 0 bridgehead atoms. The van der Waals surface area contributed by atoms with E-state index in [0.29, 0.717) is 0 Å². The Morgan fingerprint density at radius 1 is 1.07 bits per heavy atom. The van der Waals surface area contributed by atoms with Crippen molar-refractivity contribution in [2.75, 3.05) is 0 Å². The summed E-state index contributed by atoms with van der Waals surface area (Å²) in [5.74, 6) is 0. The minimum atomic E-state index is 1.01. The number of hydrogen-bond acceptors (Lipinski definition) is 1. The van der Waals surface area contributed by atoms with Crippen molar-refractivity contribution in [3.05, 3.63) is 59.2 Å². The van der Waals surface area contributed by atoms with Gasteiger partial charge in [-0.1, -0.05) is 18.2 Å². The van der Waals surface area contributed by atoms with Crippen LogP contribution in [0.25, 0.3) is 10.1 Å². The lowest BCUT2D eigenvalue weighted by atomic mass is 10.2. The summed E-state index contributed by atoms with van der Waals surface area (Å²) in [5.41, 5.74) is 1.28. The van der Waals surface area contributed by atoms with Gasteiger partial charge in [0.05, 0.1) is 0 Å². The molecule has 74 valence electrons. The van der Waals surface area contributed by atoms with Crippen molar-refractivity contribution in [2.45, 2.75) is 6.42 Å². The number of hydrogen-bond donors (Lipinski definition) is 1. The highest BCUT2D eigenvalue weighted by Crippen LogP contribution is 2.26. The Balaban J connectivity index is 1.98. The van der Waals surface area contributed by atoms with E-state index in [1.165, 1.54) is 20.7 Å². The second kappa shape index (κ2) is 3.55. The van der Waals surface area contributed by atoms with Gasteiger partial charge >= 0.3 is 0 Å². The number of thiophene rings is 1. The quantitative estimate of drug-likeness (QED) is 0.666. The number of benzene rings is 1. The molecule has 0 radical (unpaired) electrons. The Labute approximate surface area is 92.4 Å². The third-order valence-corrected chi connectivity index (χ3v) is 3.62. The maximum atomic E-state index is 3.24. The molecular formula is C13H11NS. The van der Waals surface area contributed by atoms with Crippen LogP contribution < -0.4 is 0 Å². The highest BCUT2D eigenvalue weighted by atomic mass is 32.1. The van der Waals surface area contributed by atoms with Crippen LogP contribution in [0.15, 0.2) is 48.7 Å². The van der Waals surface area contributed by atoms with Crippen LogP contribution in [0.4, 0.5) is 0 Å². The largest absolute Gasteiger partial charge is 0.365 e. The SMILES string of the molecule is c1c[nH]c(Cc2cc3ccccc3s2)c1. The van der Waals surface area contributed by atoms with Crippen LogP contribution in [0.5, 0.6) is 0 Å². The maximum absolute atomic E-state index is 3.24. The minimum absolute atomic E-state index is 1.01. The lowest BCUT2D eigenvalue weighted by molar-refractivity contribution is 1.14. The number of rotatable bonds is 2. The third-order valence-electron chi connectivity index (χ3n) is 2.50. The van der Waals surface area contributed by atoms with E-state index in [2.05, 4.69) is 41.4 Å². The highest BCUT2D eigenvalue weighted by molar-refractivity contribution is 7.19. The summed E-state index contributed by atoms with van der Waals surface area (Å²) < 4.78 is 1.37. The average molecular weight is 213 g/mol. The fraction of sp³-hybridized carbons (Fsp3) is 0.0769. The zero-order chi connectivity index (χ0) is 10.1. The summed E-state index contributed by atoms with van der Waals surface area (Å²) in [5, 5.41) is 1.35. The molecule has 0 spiro atoms. The summed E-state index contributed by atoms with van der Waals surface area (Å²) in [4.78, 5) is 4.65. The van der Waals surface area contributed by atoms with E-state index in [-0.39, 0.29) is 0 Å². The molecule has 2 heteroatoms. The third kappa shape index (κ3) is 1.68. The van der Waals surface area contributed by atoms with Gasteiger partial charge in [0.2, 0.25) is 0 Å². The molecule has 0 saturated heterocycles. The van der Waals surface area contributed by atoms with Gasteiger partial charge in [0, 0.05) is 27.9 Å². The van der Waals surface area contributed by atoms with Crippen molar-refractivity contribution in [2.24, 2.45) is 0 Å². The highest BCUT2D eigenvalue weighted by Gasteiger charge is 2.02. The van der Waals surface area contributed by atoms with Gasteiger partial charge in [-0.2, -0.15) is 0 Å². The number of H-pyrrole nitrogens is 1. The van der Waals surface area contributed by atoms with Crippen molar-refractivity contribution in [3.63, 3.8) is 0 Å². The first-order valence-corrected chi connectivity index (χ1v) is 5.83. The lowest BCUT2D eigenvalue weighted by Gasteiger charge is -1.91. The number of aromatic amines is 1. The normalized spacial score (nSPS) is 10.9. The van der Waals surface area contributed by atoms with Crippen LogP contribution in [0, 0.1) is 0 Å². The molecule has 15 heavy (non-hydrogen) atoms. The van der Waals surface area contributed by atoms with Crippen LogP contribution in [0.2, 0.25) is 0 Å². The standard InChI is InChI=1S/C13H11NS/c1-2-6-13-10(4-1)8-12(15-13)9-11-5-3-7-14-11/h1-8,14H,9H2.